The fraction of sp³-hybridized carbons (Fsp3) is 0.800. The lowest BCUT2D eigenvalue weighted by atomic mass is 10.4. The van der Waals surface area contributed by atoms with Crippen LogP contribution in [0.3, 0.4) is 0 Å². The van der Waals surface area contributed by atoms with Gasteiger partial charge in [-0.15, -0.1) is 0 Å². The molecular formula is C5H9S2+. The summed E-state index contributed by atoms with van der Waals surface area (Å²) in [6, 6.07) is 0. The maximum Gasteiger partial charge on any atom is 0.222 e. The third-order valence-corrected chi connectivity index (χ3v) is 3.05. The topological polar surface area (TPSA) is 0 Å². The van der Waals surface area contributed by atoms with E-state index in [0.717, 1.165) is 0 Å². The van der Waals surface area contributed by atoms with Crippen LogP contribution in [-0.4, -0.2) is 16.2 Å². The van der Waals surface area contributed by atoms with Gasteiger partial charge in [0.25, 0.3) is 0 Å². The summed E-state index contributed by atoms with van der Waals surface area (Å²) in [6.07, 6.45) is 2.82. The zero-order chi connectivity index (χ0) is 4.95. The van der Waals surface area contributed by atoms with Crippen molar-refractivity contribution in [2.45, 2.75) is 12.8 Å². The first-order valence-electron chi connectivity index (χ1n) is 2.55. The molecule has 0 aromatic carbocycles. The molecule has 0 amide bonds. The highest BCUT2D eigenvalue weighted by Crippen LogP contribution is 2.03. The van der Waals surface area contributed by atoms with E-state index in [-0.39, 0.29) is 0 Å². The molecular weight excluding hydrogens is 124 g/mol. The molecule has 0 bridgehead atoms. The van der Waals surface area contributed by atoms with E-state index in [2.05, 4.69) is 4.70 Å². The molecule has 0 nitrogen and oxygen atoms in total. The summed E-state index contributed by atoms with van der Waals surface area (Å²) in [6.45, 7) is 0. The molecule has 1 rings (SSSR count). The van der Waals surface area contributed by atoms with Gasteiger partial charge in [-0.3, -0.25) is 0 Å². The zero-order valence-corrected chi connectivity index (χ0v) is 5.86. The molecule has 0 saturated heterocycles. The Bertz CT molecular complexity index is 60.5. The molecule has 0 unspecified atom stereocenters. The highest BCUT2D eigenvalue weighted by molar-refractivity contribution is 8.20. The average Bonchev–Trinajstić information content (AvgIpc) is 1.90. The fourth-order valence-corrected chi connectivity index (χ4v) is 2.41. The second-order valence-corrected chi connectivity index (χ2v) is 3.80. The normalized spacial score (nSPS) is 21.7. The molecule has 2 heteroatoms. The lowest BCUT2D eigenvalue weighted by molar-refractivity contribution is 0.912. The Balaban J connectivity index is 2.20. The van der Waals surface area contributed by atoms with Gasteiger partial charge in [0.2, 0.25) is 4.70 Å². The predicted octanol–water partition coefficient (Wildman–Crippen LogP) is 1.36. The monoisotopic (exact) mass is 133 g/mol. The van der Waals surface area contributed by atoms with E-state index in [4.69, 9.17) is 0 Å². The summed E-state index contributed by atoms with van der Waals surface area (Å²) in [7, 11) is 0. The Morgan fingerprint density at radius 3 is 3.43 bits per heavy atom. The highest BCUT2D eigenvalue weighted by atomic mass is 32.2. The first-order valence-corrected chi connectivity index (χ1v) is 4.65. The Morgan fingerprint density at radius 2 is 2.43 bits per heavy atom. The van der Waals surface area contributed by atoms with E-state index in [1.807, 2.05) is 23.1 Å². The number of rotatable bonds is 0. The first kappa shape index (κ1) is 5.57. The quantitative estimate of drug-likeness (QED) is 0.355. The largest absolute Gasteiger partial charge is 0.222 e. The molecule has 0 saturated carbocycles. The van der Waals surface area contributed by atoms with Crippen LogP contribution in [0.5, 0.6) is 0 Å². The van der Waals surface area contributed by atoms with Crippen LogP contribution in [0.15, 0.2) is 0 Å². The van der Waals surface area contributed by atoms with Gasteiger partial charge in [-0.25, -0.2) is 0 Å². The number of hydrogen-bond acceptors (Lipinski definition) is 1. The molecule has 0 aromatic rings. The van der Waals surface area contributed by atoms with Gasteiger partial charge in [0.1, 0.15) is 0 Å². The van der Waals surface area contributed by atoms with E-state index in [1.165, 1.54) is 24.3 Å². The van der Waals surface area contributed by atoms with E-state index >= 15 is 0 Å². The molecule has 1 aliphatic heterocycles. The highest BCUT2D eigenvalue weighted by Gasteiger charge is 1.99. The van der Waals surface area contributed by atoms with E-state index in [9.17, 15) is 0 Å². The Labute approximate surface area is 52.6 Å². The first-order chi connectivity index (χ1) is 3.50. The minimum atomic E-state index is 1.34. The molecule has 0 spiro atoms. The second kappa shape index (κ2) is 3.44. The van der Waals surface area contributed by atoms with E-state index < -0.39 is 0 Å². The second-order valence-electron chi connectivity index (χ2n) is 1.54. The maximum atomic E-state index is 2.26. The van der Waals surface area contributed by atoms with E-state index in [0.29, 0.717) is 0 Å². The summed E-state index contributed by atoms with van der Waals surface area (Å²) < 4.78 is 2.26. The fourth-order valence-electron chi connectivity index (χ4n) is 0.515. The smallest absolute Gasteiger partial charge is 0.0733 e. The standard InChI is InChI=1S/C5H9S2/c1-2-4-7-5-6-3-1/h5H,1-4H2/q+1. The van der Waals surface area contributed by atoms with E-state index in [1.54, 1.807) is 0 Å². The van der Waals surface area contributed by atoms with Gasteiger partial charge < -0.3 is 0 Å². The van der Waals surface area contributed by atoms with Gasteiger partial charge in [-0.1, -0.05) is 11.8 Å². The Kier molecular flexibility index (Phi) is 2.74. The van der Waals surface area contributed by atoms with Gasteiger partial charge >= 0.3 is 0 Å². The van der Waals surface area contributed by atoms with Gasteiger partial charge in [0.05, 0.1) is 0 Å². The SMILES string of the molecule is C1=[S+]CCCCS1. The minimum absolute atomic E-state index is 1.34. The maximum absolute atomic E-state index is 2.26. The number of hydrogen-bond donors (Lipinski definition) is 0. The summed E-state index contributed by atoms with van der Waals surface area (Å²) in [5.41, 5.74) is 0. The van der Waals surface area contributed by atoms with Crippen molar-refractivity contribution in [2.75, 3.05) is 11.5 Å². The van der Waals surface area contributed by atoms with Gasteiger partial charge in [0.15, 0.2) is 17.1 Å². The predicted molar refractivity (Wildman–Crippen MR) is 40.0 cm³/mol. The van der Waals surface area contributed by atoms with Crippen molar-refractivity contribution < 1.29 is 0 Å². The average molecular weight is 133 g/mol. The van der Waals surface area contributed by atoms with Crippen molar-refractivity contribution >= 4 is 27.8 Å². The molecule has 0 N–H and O–H groups in total. The molecule has 1 aliphatic rings. The van der Waals surface area contributed by atoms with Crippen LogP contribution in [0.1, 0.15) is 12.8 Å². The van der Waals surface area contributed by atoms with Crippen LogP contribution >= 0.6 is 11.8 Å². The van der Waals surface area contributed by atoms with Crippen LogP contribution in [0.4, 0.5) is 0 Å². The molecule has 0 aliphatic carbocycles. The van der Waals surface area contributed by atoms with Crippen LogP contribution in [0.2, 0.25) is 0 Å². The van der Waals surface area contributed by atoms with Crippen LogP contribution in [-0.2, 0) is 11.4 Å². The molecule has 1 heterocycles. The van der Waals surface area contributed by atoms with Crippen molar-refractivity contribution in [1.82, 2.24) is 0 Å². The molecule has 0 radical (unpaired) electrons. The molecule has 40 valence electrons. The summed E-state index contributed by atoms with van der Waals surface area (Å²) in [5.74, 6) is 2.68. The summed E-state index contributed by atoms with van der Waals surface area (Å²) in [5, 5.41) is 0. The third-order valence-electron chi connectivity index (χ3n) is 0.910. The Morgan fingerprint density at radius 1 is 1.43 bits per heavy atom. The lowest BCUT2D eigenvalue weighted by Crippen LogP contribution is -1.78. The minimum Gasteiger partial charge on any atom is -0.0733 e. The number of thioether (sulfide) groups is 1. The van der Waals surface area contributed by atoms with Crippen molar-refractivity contribution in [3.8, 4) is 0 Å². The molecule has 0 fully saturated rings. The Hall–Kier alpha value is 0.440. The van der Waals surface area contributed by atoms with Gasteiger partial charge in [-0.05, 0) is 6.42 Å². The van der Waals surface area contributed by atoms with Crippen molar-refractivity contribution in [3.63, 3.8) is 0 Å². The molecule has 0 aromatic heterocycles. The molecule has 0 atom stereocenters. The summed E-state index contributed by atoms with van der Waals surface area (Å²) >= 11 is 3.91. The van der Waals surface area contributed by atoms with Crippen LogP contribution < -0.4 is 0 Å². The van der Waals surface area contributed by atoms with Crippen molar-refractivity contribution in [2.24, 2.45) is 0 Å². The van der Waals surface area contributed by atoms with Crippen LogP contribution in [0.25, 0.3) is 0 Å². The molecule has 7 heavy (non-hydrogen) atoms. The third kappa shape index (κ3) is 2.29. The summed E-state index contributed by atoms with van der Waals surface area (Å²) in [4.78, 5) is 0. The lowest BCUT2D eigenvalue weighted by Gasteiger charge is -1.81. The van der Waals surface area contributed by atoms with Gasteiger partial charge in [-0.2, -0.15) is 0 Å². The van der Waals surface area contributed by atoms with Gasteiger partial charge in [0, 0.05) is 12.2 Å². The van der Waals surface area contributed by atoms with Crippen LogP contribution in [0, 0.1) is 0 Å². The zero-order valence-electron chi connectivity index (χ0n) is 4.22. The van der Waals surface area contributed by atoms with Crippen molar-refractivity contribution in [1.29, 1.82) is 0 Å². The van der Waals surface area contributed by atoms with Crippen molar-refractivity contribution in [3.05, 3.63) is 0 Å².